The molecule has 1 heterocycles. The summed E-state index contributed by atoms with van der Waals surface area (Å²) in [4.78, 5) is 15.4. The molecule has 172 valence electrons. The van der Waals surface area contributed by atoms with Gasteiger partial charge in [-0.1, -0.05) is 36.8 Å². The fourth-order valence-corrected chi connectivity index (χ4v) is 6.03. The Balaban J connectivity index is 1.51. The van der Waals surface area contributed by atoms with Crippen molar-refractivity contribution in [2.75, 3.05) is 19.6 Å². The van der Waals surface area contributed by atoms with Gasteiger partial charge in [0.25, 0.3) is 5.91 Å². The van der Waals surface area contributed by atoms with Crippen LogP contribution in [-0.2, 0) is 21.3 Å². The lowest BCUT2D eigenvalue weighted by Crippen LogP contribution is -2.48. The summed E-state index contributed by atoms with van der Waals surface area (Å²) in [5.41, 5.74) is 1.61. The molecule has 1 aliphatic heterocycles. The Morgan fingerprint density at radius 1 is 1.00 bits per heavy atom. The zero-order chi connectivity index (χ0) is 22.7. The van der Waals surface area contributed by atoms with Gasteiger partial charge in [0.05, 0.1) is 17.1 Å². The second-order valence-electron chi connectivity index (χ2n) is 9.07. The normalized spacial score (nSPS) is 22.3. The van der Waals surface area contributed by atoms with Gasteiger partial charge in [0.1, 0.15) is 0 Å². The maximum absolute atomic E-state index is 13.3. The number of carbonyl (C=O) groups excluding carboxylic acids is 1. The number of sulfonamides is 1. The smallest absolute Gasteiger partial charge is 0.254 e. The molecule has 32 heavy (non-hydrogen) atoms. The number of morpholine rings is 1. The molecular weight excluding hydrogens is 424 g/mol. The third kappa shape index (κ3) is 5.22. The highest BCUT2D eigenvalue weighted by molar-refractivity contribution is 7.89. The van der Waals surface area contributed by atoms with E-state index >= 15 is 0 Å². The van der Waals surface area contributed by atoms with Crippen molar-refractivity contribution < 1.29 is 17.9 Å². The second-order valence-corrected chi connectivity index (χ2v) is 11.0. The molecule has 1 amide bonds. The van der Waals surface area contributed by atoms with E-state index in [0.717, 1.165) is 24.9 Å². The maximum atomic E-state index is 13.3. The summed E-state index contributed by atoms with van der Waals surface area (Å²) in [5, 5.41) is 0. The van der Waals surface area contributed by atoms with Crippen LogP contribution in [0, 0.1) is 5.92 Å². The van der Waals surface area contributed by atoms with Crippen LogP contribution in [0.2, 0.25) is 0 Å². The minimum atomic E-state index is -3.62. The molecule has 0 radical (unpaired) electrons. The molecule has 2 aromatic rings. The van der Waals surface area contributed by atoms with Crippen LogP contribution < -0.4 is 0 Å². The monoisotopic (exact) mass is 456 g/mol. The van der Waals surface area contributed by atoms with Gasteiger partial charge in [-0.05, 0) is 62.4 Å². The van der Waals surface area contributed by atoms with Gasteiger partial charge in [0.15, 0.2) is 0 Å². The van der Waals surface area contributed by atoms with Gasteiger partial charge >= 0.3 is 0 Å². The largest absolute Gasteiger partial charge is 0.373 e. The van der Waals surface area contributed by atoms with Gasteiger partial charge < -0.3 is 9.64 Å². The highest BCUT2D eigenvalue weighted by Gasteiger charge is 2.32. The van der Waals surface area contributed by atoms with Crippen LogP contribution in [0.25, 0.3) is 0 Å². The zero-order valence-corrected chi connectivity index (χ0v) is 19.6. The molecule has 2 atom stereocenters. The van der Waals surface area contributed by atoms with Crippen molar-refractivity contribution in [1.82, 2.24) is 9.21 Å². The summed E-state index contributed by atoms with van der Waals surface area (Å²) in [6, 6.07) is 16.4. The third-order valence-electron chi connectivity index (χ3n) is 6.33. The fourth-order valence-electron chi connectivity index (χ4n) is 4.44. The van der Waals surface area contributed by atoms with E-state index in [1.165, 1.54) is 10.7 Å². The van der Waals surface area contributed by atoms with Gasteiger partial charge in [0.2, 0.25) is 10.0 Å². The van der Waals surface area contributed by atoms with E-state index in [4.69, 9.17) is 4.74 Å². The van der Waals surface area contributed by atoms with Crippen LogP contribution in [0.5, 0.6) is 0 Å². The standard InChI is InChI=1S/C25H32N2O4S/c1-19-15-27(16-20(2)31-19)32(29,30)24-13-11-23(12-14-24)25(28)26(18-22-9-6-10-22)17-21-7-4-3-5-8-21/h3-5,7-8,11-14,19-20,22H,6,9-10,15-18H2,1-2H3. The lowest BCUT2D eigenvalue weighted by molar-refractivity contribution is -0.0440. The second kappa shape index (κ2) is 9.73. The maximum Gasteiger partial charge on any atom is 0.254 e. The zero-order valence-electron chi connectivity index (χ0n) is 18.8. The number of ether oxygens (including phenoxy) is 1. The average Bonchev–Trinajstić information content (AvgIpc) is 2.75. The van der Waals surface area contributed by atoms with E-state index in [0.29, 0.717) is 31.1 Å². The molecule has 0 aromatic heterocycles. The molecule has 0 spiro atoms. The number of benzene rings is 2. The van der Waals surface area contributed by atoms with Crippen molar-refractivity contribution in [1.29, 1.82) is 0 Å². The van der Waals surface area contributed by atoms with Crippen LogP contribution in [-0.4, -0.2) is 55.4 Å². The molecule has 1 aliphatic carbocycles. The van der Waals surface area contributed by atoms with E-state index in [1.807, 2.05) is 49.1 Å². The minimum Gasteiger partial charge on any atom is -0.373 e. The Kier molecular flexibility index (Phi) is 6.98. The summed E-state index contributed by atoms with van der Waals surface area (Å²) >= 11 is 0. The van der Waals surface area contributed by atoms with Crippen LogP contribution >= 0.6 is 0 Å². The number of hydrogen-bond acceptors (Lipinski definition) is 4. The number of nitrogens with zero attached hydrogens (tertiary/aromatic N) is 2. The van der Waals surface area contributed by atoms with Crippen molar-refractivity contribution in [3.05, 3.63) is 65.7 Å². The van der Waals surface area contributed by atoms with E-state index in [9.17, 15) is 13.2 Å². The topological polar surface area (TPSA) is 66.9 Å². The van der Waals surface area contributed by atoms with Gasteiger partial charge in [-0.3, -0.25) is 4.79 Å². The molecule has 2 unspecified atom stereocenters. The minimum absolute atomic E-state index is 0.0571. The van der Waals surface area contributed by atoms with E-state index in [1.54, 1.807) is 24.3 Å². The fraction of sp³-hybridized carbons (Fsp3) is 0.480. The molecule has 6 nitrogen and oxygen atoms in total. The Bertz CT molecular complexity index is 1010. The summed E-state index contributed by atoms with van der Waals surface area (Å²) < 4.78 is 33.3. The van der Waals surface area contributed by atoms with Crippen LogP contribution in [0.3, 0.4) is 0 Å². The first kappa shape index (κ1) is 23.0. The first-order valence-electron chi connectivity index (χ1n) is 11.4. The van der Waals surface area contributed by atoms with Crippen molar-refractivity contribution in [3.63, 3.8) is 0 Å². The first-order chi connectivity index (χ1) is 15.3. The molecule has 4 rings (SSSR count). The summed E-state index contributed by atoms with van der Waals surface area (Å²) in [5.74, 6) is 0.492. The van der Waals surface area contributed by atoms with Crippen molar-refractivity contribution in [2.45, 2.75) is 56.8 Å². The Labute approximate surface area is 191 Å². The van der Waals surface area contributed by atoms with E-state index in [-0.39, 0.29) is 23.0 Å². The summed E-state index contributed by atoms with van der Waals surface area (Å²) in [6.45, 7) is 5.71. The van der Waals surface area contributed by atoms with Gasteiger partial charge in [-0.2, -0.15) is 4.31 Å². The predicted octanol–water partition coefficient (Wildman–Crippen LogP) is 3.93. The lowest BCUT2D eigenvalue weighted by Gasteiger charge is -2.34. The quantitative estimate of drug-likeness (QED) is 0.633. The average molecular weight is 457 g/mol. The van der Waals surface area contributed by atoms with Crippen LogP contribution in [0.1, 0.15) is 49.0 Å². The third-order valence-corrected chi connectivity index (χ3v) is 8.18. The molecule has 1 saturated carbocycles. The molecule has 0 N–H and O–H groups in total. The molecule has 2 aliphatic rings. The SMILES string of the molecule is CC1CN(S(=O)(=O)c2ccc(C(=O)N(Cc3ccccc3)CC3CCC3)cc2)CC(C)O1. The molecular formula is C25H32N2O4S. The van der Waals surface area contributed by atoms with E-state index in [2.05, 4.69) is 0 Å². The predicted molar refractivity (Wildman–Crippen MR) is 124 cm³/mol. The lowest BCUT2D eigenvalue weighted by atomic mass is 9.85. The molecule has 1 saturated heterocycles. The number of carbonyl (C=O) groups is 1. The van der Waals surface area contributed by atoms with Gasteiger partial charge in [0, 0.05) is 31.7 Å². The molecule has 0 bridgehead atoms. The molecule has 2 fully saturated rings. The summed E-state index contributed by atoms with van der Waals surface area (Å²) in [7, 11) is -3.62. The Morgan fingerprint density at radius 2 is 1.62 bits per heavy atom. The van der Waals surface area contributed by atoms with Crippen molar-refractivity contribution >= 4 is 15.9 Å². The first-order valence-corrected chi connectivity index (χ1v) is 12.9. The highest BCUT2D eigenvalue weighted by atomic mass is 32.2. The molecule has 7 heteroatoms. The van der Waals surface area contributed by atoms with Gasteiger partial charge in [-0.25, -0.2) is 8.42 Å². The Hall–Kier alpha value is -2.22. The Morgan fingerprint density at radius 3 is 2.19 bits per heavy atom. The van der Waals surface area contributed by atoms with Crippen molar-refractivity contribution in [3.8, 4) is 0 Å². The van der Waals surface area contributed by atoms with Crippen LogP contribution in [0.15, 0.2) is 59.5 Å². The van der Waals surface area contributed by atoms with Gasteiger partial charge in [-0.15, -0.1) is 0 Å². The van der Waals surface area contributed by atoms with Crippen LogP contribution in [0.4, 0.5) is 0 Å². The highest BCUT2D eigenvalue weighted by Crippen LogP contribution is 2.28. The summed E-state index contributed by atoms with van der Waals surface area (Å²) in [6.07, 6.45) is 3.25. The number of amides is 1. The number of rotatable bonds is 7. The number of hydrogen-bond donors (Lipinski definition) is 0. The van der Waals surface area contributed by atoms with Crippen molar-refractivity contribution in [2.24, 2.45) is 5.92 Å². The van der Waals surface area contributed by atoms with E-state index < -0.39 is 10.0 Å². The molecule has 2 aromatic carbocycles.